The number of carbonyl (C=O) groups excluding carboxylic acids is 1. The van der Waals surface area contributed by atoms with Crippen LogP contribution in [0.1, 0.15) is 23.1 Å². The fraction of sp³-hybridized carbons (Fsp3) is 0.364. The molecule has 0 spiro atoms. The van der Waals surface area contributed by atoms with Gasteiger partial charge in [0, 0.05) is 6.20 Å². The highest BCUT2D eigenvalue weighted by Crippen LogP contribution is 2.39. The summed E-state index contributed by atoms with van der Waals surface area (Å²) >= 11 is 0. The second-order valence-electron chi connectivity index (χ2n) is 7.38. The van der Waals surface area contributed by atoms with Gasteiger partial charge in [-0.05, 0) is 29.2 Å². The quantitative estimate of drug-likeness (QED) is 0.718. The van der Waals surface area contributed by atoms with Crippen molar-refractivity contribution in [2.45, 2.75) is 31.3 Å². The first-order valence-corrected chi connectivity index (χ1v) is 9.76. The van der Waals surface area contributed by atoms with Crippen molar-refractivity contribution in [3.8, 4) is 5.88 Å². The van der Waals surface area contributed by atoms with Crippen molar-refractivity contribution in [2.24, 2.45) is 0 Å². The molecular weight excluding hydrogens is 413 g/mol. The fourth-order valence-electron chi connectivity index (χ4n) is 3.88. The van der Waals surface area contributed by atoms with Crippen LogP contribution in [-0.2, 0) is 22.3 Å². The summed E-state index contributed by atoms with van der Waals surface area (Å²) in [6, 6.07) is 9.60. The van der Waals surface area contributed by atoms with Crippen molar-refractivity contribution in [2.75, 3.05) is 20.3 Å². The van der Waals surface area contributed by atoms with E-state index in [-0.39, 0.29) is 25.9 Å². The Labute approximate surface area is 177 Å². The van der Waals surface area contributed by atoms with Gasteiger partial charge >= 0.3 is 12.3 Å². The van der Waals surface area contributed by atoms with Crippen LogP contribution < -0.4 is 4.74 Å². The van der Waals surface area contributed by atoms with Gasteiger partial charge < -0.3 is 14.2 Å². The van der Waals surface area contributed by atoms with Crippen molar-refractivity contribution in [3.05, 3.63) is 65.4 Å². The van der Waals surface area contributed by atoms with Gasteiger partial charge in [-0.25, -0.2) is 9.78 Å². The predicted molar refractivity (Wildman–Crippen MR) is 105 cm³/mol. The number of aromatic nitrogens is 1. The van der Waals surface area contributed by atoms with E-state index in [4.69, 9.17) is 14.2 Å². The van der Waals surface area contributed by atoms with Gasteiger partial charge in [0.15, 0.2) is 0 Å². The molecule has 2 atom stereocenters. The molecule has 2 aliphatic heterocycles. The predicted octanol–water partition coefficient (Wildman–Crippen LogP) is 4.30. The fourth-order valence-corrected chi connectivity index (χ4v) is 3.88. The Morgan fingerprint density at radius 2 is 2.03 bits per heavy atom. The van der Waals surface area contributed by atoms with Crippen LogP contribution in [0.25, 0.3) is 5.57 Å². The number of ether oxygens (including phenoxy) is 3. The zero-order valence-corrected chi connectivity index (χ0v) is 16.8. The van der Waals surface area contributed by atoms with E-state index < -0.39 is 29.8 Å². The molecule has 2 unspecified atom stereocenters. The van der Waals surface area contributed by atoms with E-state index in [0.29, 0.717) is 17.6 Å². The van der Waals surface area contributed by atoms with E-state index in [0.717, 1.165) is 18.7 Å². The molecule has 1 saturated heterocycles. The highest BCUT2D eigenvalue weighted by molar-refractivity contribution is 5.74. The number of methoxy groups -OCH3 is 1. The van der Waals surface area contributed by atoms with E-state index in [1.54, 1.807) is 11.0 Å². The zero-order valence-electron chi connectivity index (χ0n) is 16.8. The standard InChI is InChI=1S/C22H21F3N2O4/c1-29-20-19(22(23,24)25)9-16(10-26-20)15-7-17-12-30-13-18(8-15)27(17)21(28)31-11-14-5-3-2-4-6-14/h2-7,9-10,17-18H,8,11-13H2,1H3. The number of benzene rings is 1. The van der Waals surface area contributed by atoms with Crippen LogP contribution in [0.3, 0.4) is 0 Å². The summed E-state index contributed by atoms with van der Waals surface area (Å²) in [7, 11) is 1.15. The number of hydrogen-bond donors (Lipinski definition) is 0. The molecule has 31 heavy (non-hydrogen) atoms. The third-order valence-electron chi connectivity index (χ3n) is 5.34. The van der Waals surface area contributed by atoms with Crippen molar-refractivity contribution >= 4 is 11.7 Å². The lowest BCUT2D eigenvalue weighted by molar-refractivity contribution is -0.139. The molecule has 1 aromatic carbocycles. The first-order chi connectivity index (χ1) is 14.9. The second kappa shape index (κ2) is 8.58. The van der Waals surface area contributed by atoms with Gasteiger partial charge in [-0.2, -0.15) is 13.2 Å². The summed E-state index contributed by atoms with van der Waals surface area (Å²) in [5.41, 5.74) is 0.974. The summed E-state index contributed by atoms with van der Waals surface area (Å²) in [5, 5.41) is 0. The molecule has 2 aliphatic rings. The van der Waals surface area contributed by atoms with Crippen molar-refractivity contribution < 1.29 is 32.2 Å². The Hall–Kier alpha value is -3.07. The van der Waals surface area contributed by atoms with Crippen molar-refractivity contribution in [1.29, 1.82) is 0 Å². The topological polar surface area (TPSA) is 60.9 Å². The Morgan fingerprint density at radius 1 is 1.26 bits per heavy atom. The van der Waals surface area contributed by atoms with E-state index in [1.165, 1.54) is 6.20 Å². The number of carbonyl (C=O) groups is 1. The number of pyridine rings is 1. The number of nitrogens with zero attached hydrogens (tertiary/aromatic N) is 2. The van der Waals surface area contributed by atoms with Crippen LogP contribution in [0.5, 0.6) is 5.88 Å². The van der Waals surface area contributed by atoms with Gasteiger partial charge in [0.1, 0.15) is 12.2 Å². The summed E-state index contributed by atoms with van der Waals surface area (Å²) < 4.78 is 55.9. The molecule has 0 saturated carbocycles. The van der Waals surface area contributed by atoms with Gasteiger partial charge in [-0.15, -0.1) is 0 Å². The van der Waals surface area contributed by atoms with Gasteiger partial charge in [-0.3, -0.25) is 4.90 Å². The van der Waals surface area contributed by atoms with E-state index >= 15 is 0 Å². The Kier molecular flexibility index (Phi) is 5.86. The van der Waals surface area contributed by atoms with Crippen LogP contribution in [0.15, 0.2) is 48.7 Å². The van der Waals surface area contributed by atoms with E-state index in [2.05, 4.69) is 4.98 Å². The Balaban J connectivity index is 1.55. The summed E-state index contributed by atoms with van der Waals surface area (Å²) in [4.78, 5) is 18.2. The maximum Gasteiger partial charge on any atom is 0.421 e. The maximum absolute atomic E-state index is 13.4. The third-order valence-corrected chi connectivity index (χ3v) is 5.34. The van der Waals surface area contributed by atoms with Gasteiger partial charge in [0.25, 0.3) is 0 Å². The van der Waals surface area contributed by atoms with Crippen LogP contribution in [0.2, 0.25) is 0 Å². The molecular formula is C22H21F3N2O4. The second-order valence-corrected chi connectivity index (χ2v) is 7.38. The first-order valence-electron chi connectivity index (χ1n) is 9.76. The van der Waals surface area contributed by atoms with Crippen LogP contribution >= 0.6 is 0 Å². The minimum atomic E-state index is -4.59. The minimum Gasteiger partial charge on any atom is -0.481 e. The Bertz CT molecular complexity index is 978. The Morgan fingerprint density at radius 3 is 2.71 bits per heavy atom. The number of rotatable bonds is 4. The number of halogens is 3. The van der Waals surface area contributed by atoms with Crippen molar-refractivity contribution in [1.82, 2.24) is 9.88 Å². The third kappa shape index (κ3) is 4.51. The number of fused-ring (bicyclic) bond motifs is 2. The molecule has 0 N–H and O–H groups in total. The molecule has 4 rings (SSSR count). The molecule has 1 aromatic heterocycles. The number of amides is 1. The number of alkyl halides is 3. The molecule has 3 heterocycles. The minimum absolute atomic E-state index is 0.143. The molecule has 164 valence electrons. The lowest BCUT2D eigenvalue weighted by Gasteiger charge is -2.43. The molecule has 1 amide bonds. The maximum atomic E-state index is 13.4. The molecule has 0 radical (unpaired) electrons. The van der Waals surface area contributed by atoms with Gasteiger partial charge in [0.05, 0.1) is 32.4 Å². The average Bonchev–Trinajstić information content (AvgIpc) is 2.76. The van der Waals surface area contributed by atoms with Gasteiger partial charge in [-0.1, -0.05) is 36.4 Å². The molecule has 2 bridgehead atoms. The highest BCUT2D eigenvalue weighted by atomic mass is 19.4. The number of morpholine rings is 1. The lowest BCUT2D eigenvalue weighted by Crippen LogP contribution is -2.56. The molecule has 0 aliphatic carbocycles. The molecule has 6 nitrogen and oxygen atoms in total. The average molecular weight is 434 g/mol. The van der Waals surface area contributed by atoms with E-state index in [9.17, 15) is 18.0 Å². The van der Waals surface area contributed by atoms with Crippen LogP contribution in [0, 0.1) is 0 Å². The van der Waals surface area contributed by atoms with Crippen LogP contribution in [0.4, 0.5) is 18.0 Å². The molecule has 1 fully saturated rings. The monoisotopic (exact) mass is 434 g/mol. The molecule has 2 aromatic rings. The number of hydrogen-bond acceptors (Lipinski definition) is 5. The van der Waals surface area contributed by atoms with Crippen molar-refractivity contribution in [3.63, 3.8) is 0 Å². The van der Waals surface area contributed by atoms with Gasteiger partial charge in [0.2, 0.25) is 5.88 Å². The zero-order chi connectivity index (χ0) is 22.0. The summed E-state index contributed by atoms with van der Waals surface area (Å²) in [6.45, 7) is 0.671. The smallest absolute Gasteiger partial charge is 0.421 e. The first kappa shape index (κ1) is 21.2. The summed E-state index contributed by atoms with van der Waals surface area (Å²) in [6.07, 6.45) is -1.61. The van der Waals surface area contributed by atoms with E-state index in [1.807, 2.05) is 30.3 Å². The molecule has 9 heteroatoms. The summed E-state index contributed by atoms with van der Waals surface area (Å²) in [5.74, 6) is -0.470. The van der Waals surface area contributed by atoms with Crippen LogP contribution in [-0.4, -0.2) is 48.4 Å². The largest absolute Gasteiger partial charge is 0.481 e. The SMILES string of the molecule is COc1ncc(C2=CC3COCC(C2)N3C(=O)OCc2ccccc2)cc1C(F)(F)F. The normalized spacial score (nSPS) is 20.8. The lowest BCUT2D eigenvalue weighted by atomic mass is 9.90. The highest BCUT2D eigenvalue weighted by Gasteiger charge is 2.40.